The third kappa shape index (κ3) is 5.47. The lowest BCUT2D eigenvalue weighted by molar-refractivity contribution is -0.123. The summed E-state index contributed by atoms with van der Waals surface area (Å²) in [7, 11) is 1.46. The van der Waals surface area contributed by atoms with Crippen LogP contribution in [0.5, 0.6) is 11.5 Å². The lowest BCUT2D eigenvalue weighted by Gasteiger charge is -2.12. The third-order valence-corrected chi connectivity index (χ3v) is 4.28. The largest absolute Gasteiger partial charge is 0.496 e. The lowest BCUT2D eigenvalue weighted by atomic mass is 10.2. The van der Waals surface area contributed by atoms with E-state index in [1.807, 2.05) is 19.1 Å². The number of amides is 2. The molecule has 132 valence electrons. The van der Waals surface area contributed by atoms with E-state index in [0.717, 1.165) is 14.5 Å². The first-order valence-corrected chi connectivity index (χ1v) is 8.81. The predicted molar refractivity (Wildman–Crippen MR) is 101 cm³/mol. The summed E-state index contributed by atoms with van der Waals surface area (Å²) in [6.07, 6.45) is 0. The van der Waals surface area contributed by atoms with Crippen LogP contribution < -0.4 is 20.3 Å². The van der Waals surface area contributed by atoms with Gasteiger partial charge in [-0.15, -0.1) is 0 Å². The van der Waals surface area contributed by atoms with Gasteiger partial charge in [-0.25, -0.2) is 0 Å². The molecule has 0 bridgehead atoms. The van der Waals surface area contributed by atoms with Crippen molar-refractivity contribution in [3.63, 3.8) is 0 Å². The summed E-state index contributed by atoms with van der Waals surface area (Å²) >= 11 is 6.66. The minimum absolute atomic E-state index is 0.239. The Hall–Kier alpha value is -2.06. The summed E-state index contributed by atoms with van der Waals surface area (Å²) in [5.41, 5.74) is 5.99. The fraction of sp³-hybridized carbons (Fsp3) is 0.176. The second-order valence-corrected chi connectivity index (χ2v) is 6.84. The zero-order chi connectivity index (χ0) is 18.4. The number of hydrazine groups is 1. The molecular weight excluding hydrogens is 456 g/mol. The van der Waals surface area contributed by atoms with E-state index in [1.54, 1.807) is 24.3 Å². The topological polar surface area (TPSA) is 76.7 Å². The number of hydrogen-bond donors (Lipinski definition) is 2. The molecule has 0 radical (unpaired) electrons. The van der Waals surface area contributed by atoms with Crippen LogP contribution in [0.3, 0.4) is 0 Å². The van der Waals surface area contributed by atoms with E-state index < -0.39 is 11.8 Å². The van der Waals surface area contributed by atoms with Gasteiger partial charge in [-0.3, -0.25) is 20.4 Å². The van der Waals surface area contributed by atoms with Gasteiger partial charge < -0.3 is 9.47 Å². The summed E-state index contributed by atoms with van der Waals surface area (Å²) in [5.74, 6) is -0.0478. The van der Waals surface area contributed by atoms with Crippen molar-refractivity contribution in [1.82, 2.24) is 10.9 Å². The molecule has 0 aliphatic heterocycles. The molecule has 8 heteroatoms. The van der Waals surface area contributed by atoms with Crippen molar-refractivity contribution in [2.75, 3.05) is 13.7 Å². The molecule has 0 spiro atoms. The van der Waals surface area contributed by atoms with E-state index in [0.29, 0.717) is 17.1 Å². The second kappa shape index (κ2) is 8.87. The Bertz CT molecular complexity index is 796. The van der Waals surface area contributed by atoms with Gasteiger partial charge in [-0.05, 0) is 58.7 Å². The SMILES string of the molecule is COc1ccc(Br)cc1C(=O)NNC(=O)COc1ccc(C)cc1Br. The highest BCUT2D eigenvalue weighted by Crippen LogP contribution is 2.25. The molecule has 0 heterocycles. The Labute approximate surface area is 162 Å². The maximum atomic E-state index is 12.2. The van der Waals surface area contributed by atoms with Crippen molar-refractivity contribution in [2.24, 2.45) is 0 Å². The maximum Gasteiger partial charge on any atom is 0.276 e. The van der Waals surface area contributed by atoms with Crippen molar-refractivity contribution in [3.05, 3.63) is 56.5 Å². The van der Waals surface area contributed by atoms with Crippen molar-refractivity contribution in [2.45, 2.75) is 6.92 Å². The molecular formula is C17H16Br2N2O4. The van der Waals surface area contributed by atoms with E-state index in [1.165, 1.54) is 7.11 Å². The molecule has 0 atom stereocenters. The number of nitrogens with one attached hydrogen (secondary N) is 2. The summed E-state index contributed by atoms with van der Waals surface area (Å²) < 4.78 is 12.0. The molecule has 0 unspecified atom stereocenters. The van der Waals surface area contributed by atoms with Crippen LogP contribution in [0.25, 0.3) is 0 Å². The lowest BCUT2D eigenvalue weighted by Crippen LogP contribution is -2.43. The van der Waals surface area contributed by atoms with Crippen molar-refractivity contribution < 1.29 is 19.1 Å². The number of hydrogen-bond acceptors (Lipinski definition) is 4. The van der Waals surface area contributed by atoms with Gasteiger partial charge in [0.15, 0.2) is 6.61 Å². The van der Waals surface area contributed by atoms with Crippen LogP contribution in [0.15, 0.2) is 45.3 Å². The molecule has 6 nitrogen and oxygen atoms in total. The second-order valence-electron chi connectivity index (χ2n) is 5.07. The molecule has 2 aromatic rings. The highest BCUT2D eigenvalue weighted by molar-refractivity contribution is 9.10. The molecule has 0 aromatic heterocycles. The number of benzene rings is 2. The van der Waals surface area contributed by atoms with Gasteiger partial charge in [0.05, 0.1) is 17.1 Å². The molecule has 0 fully saturated rings. The van der Waals surface area contributed by atoms with Gasteiger partial charge in [-0.2, -0.15) is 0 Å². The fourth-order valence-electron chi connectivity index (χ4n) is 1.95. The van der Waals surface area contributed by atoms with Crippen LogP contribution in [0.2, 0.25) is 0 Å². The third-order valence-electron chi connectivity index (χ3n) is 3.17. The number of methoxy groups -OCH3 is 1. The molecule has 0 saturated carbocycles. The normalized spacial score (nSPS) is 10.1. The van der Waals surface area contributed by atoms with Crippen LogP contribution in [-0.2, 0) is 4.79 Å². The molecule has 2 rings (SSSR count). The number of ether oxygens (including phenoxy) is 2. The highest BCUT2D eigenvalue weighted by Gasteiger charge is 2.14. The van der Waals surface area contributed by atoms with E-state index >= 15 is 0 Å². The molecule has 0 saturated heterocycles. The van der Waals surface area contributed by atoms with Gasteiger partial charge >= 0.3 is 0 Å². The fourth-order valence-corrected chi connectivity index (χ4v) is 2.92. The summed E-state index contributed by atoms with van der Waals surface area (Å²) in [5, 5.41) is 0. The minimum Gasteiger partial charge on any atom is -0.496 e. The molecule has 0 aliphatic rings. The number of carbonyl (C=O) groups is 2. The Kier molecular flexibility index (Phi) is 6.83. The van der Waals surface area contributed by atoms with Crippen molar-refractivity contribution >= 4 is 43.7 Å². The average molecular weight is 472 g/mol. The van der Waals surface area contributed by atoms with Crippen LogP contribution in [0, 0.1) is 6.92 Å². The molecule has 2 aromatic carbocycles. The van der Waals surface area contributed by atoms with Crippen LogP contribution in [0.4, 0.5) is 0 Å². The quantitative estimate of drug-likeness (QED) is 0.655. The zero-order valence-electron chi connectivity index (χ0n) is 13.6. The standard InChI is InChI=1S/C17H16Br2N2O4/c1-10-3-5-15(13(19)7-10)25-9-16(22)20-21-17(23)12-8-11(18)4-6-14(12)24-2/h3-8H,9H2,1-2H3,(H,20,22)(H,21,23). The Morgan fingerprint density at radius 3 is 2.44 bits per heavy atom. The molecule has 2 amide bonds. The Morgan fingerprint density at radius 1 is 1.04 bits per heavy atom. The summed E-state index contributed by atoms with van der Waals surface area (Å²) in [6, 6.07) is 10.5. The molecule has 2 N–H and O–H groups in total. The zero-order valence-corrected chi connectivity index (χ0v) is 16.7. The molecule has 25 heavy (non-hydrogen) atoms. The Balaban J connectivity index is 1.89. The first-order chi connectivity index (χ1) is 11.9. The van der Waals surface area contributed by atoms with Gasteiger partial charge in [0, 0.05) is 4.47 Å². The predicted octanol–water partition coefficient (Wildman–Crippen LogP) is 3.37. The van der Waals surface area contributed by atoms with Crippen molar-refractivity contribution in [1.29, 1.82) is 0 Å². The van der Waals surface area contributed by atoms with Crippen molar-refractivity contribution in [3.8, 4) is 11.5 Å². The number of halogens is 2. The first-order valence-electron chi connectivity index (χ1n) is 7.22. The average Bonchev–Trinajstić information content (AvgIpc) is 2.58. The van der Waals surface area contributed by atoms with E-state index in [9.17, 15) is 9.59 Å². The van der Waals surface area contributed by atoms with Gasteiger partial charge in [0.1, 0.15) is 11.5 Å². The van der Waals surface area contributed by atoms with Crippen LogP contribution in [0.1, 0.15) is 15.9 Å². The van der Waals surface area contributed by atoms with Crippen LogP contribution in [-0.4, -0.2) is 25.5 Å². The van der Waals surface area contributed by atoms with Gasteiger partial charge in [-0.1, -0.05) is 22.0 Å². The number of aryl methyl sites for hydroxylation is 1. The van der Waals surface area contributed by atoms with Crippen LogP contribution >= 0.6 is 31.9 Å². The minimum atomic E-state index is -0.497. The number of rotatable bonds is 5. The van der Waals surface area contributed by atoms with E-state index in [2.05, 4.69) is 42.7 Å². The highest BCUT2D eigenvalue weighted by atomic mass is 79.9. The molecule has 0 aliphatic carbocycles. The van der Waals surface area contributed by atoms with E-state index in [-0.39, 0.29) is 6.61 Å². The summed E-state index contributed by atoms with van der Waals surface area (Å²) in [6.45, 7) is 1.71. The smallest absolute Gasteiger partial charge is 0.276 e. The first kappa shape index (κ1) is 19.3. The summed E-state index contributed by atoms with van der Waals surface area (Å²) in [4.78, 5) is 24.0. The van der Waals surface area contributed by atoms with E-state index in [4.69, 9.17) is 9.47 Å². The Morgan fingerprint density at radius 2 is 1.76 bits per heavy atom. The number of carbonyl (C=O) groups excluding carboxylic acids is 2. The monoisotopic (exact) mass is 470 g/mol. The van der Waals surface area contributed by atoms with Gasteiger partial charge in [0.25, 0.3) is 11.8 Å². The maximum absolute atomic E-state index is 12.2. The van der Waals surface area contributed by atoms with Gasteiger partial charge in [0.2, 0.25) is 0 Å².